The number of fused-ring (bicyclic) bond motifs is 2. The lowest BCUT2D eigenvalue weighted by Gasteiger charge is -2.33. The van der Waals surface area contributed by atoms with Crippen LogP contribution >= 0.6 is 0 Å². The molecule has 2 aliphatic carbocycles. The highest BCUT2D eigenvalue weighted by atomic mass is 15.0. The smallest absolute Gasteiger partial charge is 0.0125 e. The van der Waals surface area contributed by atoms with Crippen LogP contribution in [0.2, 0.25) is 0 Å². The summed E-state index contributed by atoms with van der Waals surface area (Å²) in [5.41, 5.74) is 0.356. The Bertz CT molecular complexity index is 186. The topological polar surface area (TPSA) is 12.0 Å². The van der Waals surface area contributed by atoms with E-state index in [-0.39, 0.29) is 0 Å². The van der Waals surface area contributed by atoms with Crippen molar-refractivity contribution < 1.29 is 0 Å². The summed E-state index contributed by atoms with van der Waals surface area (Å²) in [5.74, 6) is 2.07. The third kappa shape index (κ3) is 1.90. The molecule has 2 rings (SSSR count). The first-order chi connectivity index (χ1) is 6.11. The maximum absolute atomic E-state index is 3.84. The summed E-state index contributed by atoms with van der Waals surface area (Å²) < 4.78 is 0. The number of hydrogen-bond acceptors (Lipinski definition) is 1. The minimum absolute atomic E-state index is 0.356. The molecule has 76 valence electrons. The van der Waals surface area contributed by atoms with Gasteiger partial charge in [-0.15, -0.1) is 0 Å². The Morgan fingerprint density at radius 1 is 1.23 bits per heavy atom. The molecular formula is C12H23N. The van der Waals surface area contributed by atoms with E-state index in [0.29, 0.717) is 5.54 Å². The molecule has 2 bridgehead atoms. The quantitative estimate of drug-likeness (QED) is 0.706. The van der Waals surface area contributed by atoms with E-state index >= 15 is 0 Å². The third-order valence-corrected chi connectivity index (χ3v) is 4.20. The molecule has 0 spiro atoms. The highest BCUT2D eigenvalue weighted by Gasteiger charge is 2.40. The maximum atomic E-state index is 3.84. The first-order valence-electron chi connectivity index (χ1n) is 5.88. The van der Waals surface area contributed by atoms with Crippen LogP contribution in [0.1, 0.15) is 52.9 Å². The first-order valence-corrected chi connectivity index (χ1v) is 5.88. The Morgan fingerprint density at radius 3 is 2.46 bits per heavy atom. The van der Waals surface area contributed by atoms with Gasteiger partial charge in [-0.1, -0.05) is 13.3 Å². The van der Waals surface area contributed by atoms with Crippen molar-refractivity contribution in [2.24, 2.45) is 11.8 Å². The van der Waals surface area contributed by atoms with Gasteiger partial charge in [0.05, 0.1) is 0 Å². The van der Waals surface area contributed by atoms with Crippen LogP contribution in [-0.2, 0) is 0 Å². The summed E-state index contributed by atoms with van der Waals surface area (Å²) in [6.45, 7) is 6.94. The predicted molar refractivity (Wildman–Crippen MR) is 56.7 cm³/mol. The molecule has 2 fully saturated rings. The van der Waals surface area contributed by atoms with Gasteiger partial charge in [0, 0.05) is 11.6 Å². The standard InChI is InChI=1S/C12H23N/c1-4-12(2,3)13-11-8-9-5-6-10(11)7-9/h9-11,13H,4-8H2,1-3H3. The van der Waals surface area contributed by atoms with Gasteiger partial charge in [-0.05, 0) is 51.4 Å². The first kappa shape index (κ1) is 9.51. The summed E-state index contributed by atoms with van der Waals surface area (Å²) in [7, 11) is 0. The normalized spacial score (nSPS) is 38.5. The van der Waals surface area contributed by atoms with Crippen molar-refractivity contribution in [2.75, 3.05) is 0 Å². The molecule has 3 atom stereocenters. The summed E-state index contributed by atoms with van der Waals surface area (Å²) in [4.78, 5) is 0. The maximum Gasteiger partial charge on any atom is 0.0125 e. The van der Waals surface area contributed by atoms with Crippen molar-refractivity contribution in [3.05, 3.63) is 0 Å². The second-order valence-electron chi connectivity index (χ2n) is 5.66. The largest absolute Gasteiger partial charge is 0.309 e. The van der Waals surface area contributed by atoms with E-state index < -0.39 is 0 Å². The molecule has 0 aromatic heterocycles. The molecule has 0 aliphatic heterocycles. The lowest BCUT2D eigenvalue weighted by Crippen LogP contribution is -2.47. The van der Waals surface area contributed by atoms with Crippen molar-refractivity contribution in [1.29, 1.82) is 0 Å². The molecule has 1 N–H and O–H groups in total. The van der Waals surface area contributed by atoms with Crippen LogP contribution in [0.4, 0.5) is 0 Å². The molecule has 0 amide bonds. The minimum Gasteiger partial charge on any atom is -0.309 e. The van der Waals surface area contributed by atoms with Crippen molar-refractivity contribution in [3.63, 3.8) is 0 Å². The van der Waals surface area contributed by atoms with Crippen LogP contribution in [0.25, 0.3) is 0 Å². The number of hydrogen-bond donors (Lipinski definition) is 1. The Kier molecular flexibility index (Phi) is 2.39. The van der Waals surface area contributed by atoms with Crippen molar-refractivity contribution >= 4 is 0 Å². The van der Waals surface area contributed by atoms with Gasteiger partial charge in [0.25, 0.3) is 0 Å². The Balaban J connectivity index is 1.89. The fourth-order valence-corrected chi connectivity index (χ4v) is 3.03. The molecule has 1 nitrogen and oxygen atoms in total. The molecular weight excluding hydrogens is 158 g/mol. The van der Waals surface area contributed by atoms with Gasteiger partial charge in [-0.3, -0.25) is 0 Å². The van der Waals surface area contributed by atoms with Gasteiger partial charge < -0.3 is 5.32 Å². The molecule has 0 aromatic carbocycles. The van der Waals surface area contributed by atoms with Crippen LogP contribution in [0.3, 0.4) is 0 Å². The Morgan fingerprint density at radius 2 is 2.00 bits per heavy atom. The summed E-state index contributed by atoms with van der Waals surface area (Å²) >= 11 is 0. The van der Waals surface area contributed by atoms with E-state index in [1.807, 2.05) is 0 Å². The van der Waals surface area contributed by atoms with Gasteiger partial charge in [-0.25, -0.2) is 0 Å². The molecule has 1 heteroatoms. The average molecular weight is 181 g/mol. The fraction of sp³-hybridized carbons (Fsp3) is 1.00. The van der Waals surface area contributed by atoms with E-state index in [2.05, 4.69) is 26.1 Å². The zero-order valence-electron chi connectivity index (χ0n) is 9.27. The summed E-state index contributed by atoms with van der Waals surface area (Å²) in [5, 5.41) is 3.84. The lowest BCUT2D eigenvalue weighted by molar-refractivity contribution is 0.260. The van der Waals surface area contributed by atoms with Crippen LogP contribution in [0, 0.1) is 11.8 Å². The van der Waals surface area contributed by atoms with Crippen LogP contribution in [-0.4, -0.2) is 11.6 Å². The number of nitrogens with one attached hydrogen (secondary N) is 1. The molecule has 13 heavy (non-hydrogen) atoms. The van der Waals surface area contributed by atoms with E-state index in [0.717, 1.165) is 17.9 Å². The molecule has 0 aromatic rings. The molecule has 3 unspecified atom stereocenters. The molecule has 0 saturated heterocycles. The van der Waals surface area contributed by atoms with E-state index in [1.165, 1.54) is 32.1 Å². The van der Waals surface area contributed by atoms with Crippen molar-refractivity contribution in [1.82, 2.24) is 5.32 Å². The van der Waals surface area contributed by atoms with Gasteiger partial charge in [0.1, 0.15) is 0 Å². The van der Waals surface area contributed by atoms with Crippen LogP contribution < -0.4 is 5.32 Å². The second-order valence-corrected chi connectivity index (χ2v) is 5.66. The lowest BCUT2D eigenvalue weighted by atomic mass is 9.91. The van der Waals surface area contributed by atoms with E-state index in [9.17, 15) is 0 Å². The second kappa shape index (κ2) is 3.27. The summed E-state index contributed by atoms with van der Waals surface area (Å²) in [6.07, 6.45) is 7.20. The number of rotatable bonds is 3. The highest BCUT2D eigenvalue weighted by molar-refractivity contribution is 4.96. The minimum atomic E-state index is 0.356. The Labute approximate surface area is 82.3 Å². The molecule has 2 aliphatic rings. The molecule has 2 saturated carbocycles. The fourth-order valence-electron chi connectivity index (χ4n) is 3.03. The van der Waals surface area contributed by atoms with E-state index in [1.54, 1.807) is 0 Å². The van der Waals surface area contributed by atoms with E-state index in [4.69, 9.17) is 0 Å². The average Bonchev–Trinajstić information content (AvgIpc) is 2.64. The molecule has 0 radical (unpaired) electrons. The zero-order valence-corrected chi connectivity index (χ0v) is 9.27. The van der Waals surface area contributed by atoms with Crippen molar-refractivity contribution in [2.45, 2.75) is 64.5 Å². The molecule has 0 heterocycles. The van der Waals surface area contributed by atoms with Crippen molar-refractivity contribution in [3.8, 4) is 0 Å². The Hall–Kier alpha value is -0.0400. The van der Waals surface area contributed by atoms with Gasteiger partial charge in [0.2, 0.25) is 0 Å². The third-order valence-electron chi connectivity index (χ3n) is 4.20. The predicted octanol–water partition coefficient (Wildman–Crippen LogP) is 2.95. The zero-order chi connectivity index (χ0) is 9.47. The van der Waals surface area contributed by atoms with Gasteiger partial charge >= 0.3 is 0 Å². The highest BCUT2D eigenvalue weighted by Crippen LogP contribution is 2.45. The van der Waals surface area contributed by atoms with Gasteiger partial charge in [-0.2, -0.15) is 0 Å². The van der Waals surface area contributed by atoms with Crippen LogP contribution in [0.15, 0.2) is 0 Å². The summed E-state index contributed by atoms with van der Waals surface area (Å²) in [6, 6.07) is 0.841. The van der Waals surface area contributed by atoms with Crippen LogP contribution in [0.5, 0.6) is 0 Å². The van der Waals surface area contributed by atoms with Gasteiger partial charge in [0.15, 0.2) is 0 Å². The monoisotopic (exact) mass is 181 g/mol. The SMILES string of the molecule is CCC(C)(C)NC1CC2CCC1C2.